The van der Waals surface area contributed by atoms with Gasteiger partial charge in [0.05, 0.1) is 0 Å². The van der Waals surface area contributed by atoms with Crippen LogP contribution in [0, 0.1) is 6.92 Å². The molecule has 0 aliphatic heterocycles. The summed E-state index contributed by atoms with van der Waals surface area (Å²) in [6.07, 6.45) is 4.63. The Labute approximate surface area is 131 Å². The lowest BCUT2D eigenvalue weighted by molar-refractivity contribution is 0.0938. The smallest absolute Gasteiger partial charge is 0.251 e. The minimum atomic E-state index is 0.00834. The molecule has 2 aromatic carbocycles. The molecule has 3 heteroatoms. The zero-order valence-corrected chi connectivity index (χ0v) is 12.8. The van der Waals surface area contributed by atoms with Gasteiger partial charge in [0.15, 0.2) is 0 Å². The highest BCUT2D eigenvalue weighted by Gasteiger charge is 2.17. The molecule has 114 valence electrons. The largest absolute Gasteiger partial charge is 0.457 e. The highest BCUT2D eigenvalue weighted by molar-refractivity contribution is 5.94. The Kier molecular flexibility index (Phi) is 4.42. The molecule has 0 bridgehead atoms. The highest BCUT2D eigenvalue weighted by atomic mass is 16.5. The standard InChI is InChI=1S/C19H21NO2/c1-14-5-4-8-18(13-14)22-17-11-9-15(10-12-17)19(21)20-16-6-2-3-7-16/h4-5,8-13,16H,2-3,6-7H2,1H3,(H,20,21). The second kappa shape index (κ2) is 6.65. The van der Waals surface area contributed by atoms with Crippen molar-refractivity contribution in [3.63, 3.8) is 0 Å². The van der Waals surface area contributed by atoms with Crippen LogP contribution in [0.15, 0.2) is 48.5 Å². The molecule has 1 N–H and O–H groups in total. The van der Waals surface area contributed by atoms with E-state index in [4.69, 9.17) is 4.74 Å². The molecule has 0 heterocycles. The summed E-state index contributed by atoms with van der Waals surface area (Å²) in [6, 6.07) is 15.6. The van der Waals surface area contributed by atoms with Crippen molar-refractivity contribution in [2.75, 3.05) is 0 Å². The molecule has 0 radical (unpaired) electrons. The molecule has 0 aromatic heterocycles. The number of rotatable bonds is 4. The molecule has 1 amide bonds. The summed E-state index contributed by atoms with van der Waals surface area (Å²) >= 11 is 0. The van der Waals surface area contributed by atoms with Crippen LogP contribution in [0.4, 0.5) is 0 Å². The maximum Gasteiger partial charge on any atom is 0.251 e. The number of ether oxygens (including phenoxy) is 1. The van der Waals surface area contributed by atoms with Crippen molar-refractivity contribution in [3.05, 3.63) is 59.7 Å². The van der Waals surface area contributed by atoms with Gasteiger partial charge in [-0.15, -0.1) is 0 Å². The molecule has 0 unspecified atom stereocenters. The Hall–Kier alpha value is -2.29. The third-order valence-electron chi connectivity index (χ3n) is 4.03. The zero-order valence-electron chi connectivity index (χ0n) is 12.8. The molecule has 22 heavy (non-hydrogen) atoms. The van der Waals surface area contributed by atoms with E-state index in [-0.39, 0.29) is 5.91 Å². The summed E-state index contributed by atoms with van der Waals surface area (Å²) in [5, 5.41) is 3.09. The molecule has 0 spiro atoms. The van der Waals surface area contributed by atoms with Gasteiger partial charge in [0.2, 0.25) is 0 Å². The summed E-state index contributed by atoms with van der Waals surface area (Å²) in [5.74, 6) is 1.56. The molecule has 1 aliphatic rings. The first-order valence-corrected chi connectivity index (χ1v) is 7.86. The number of amides is 1. The maximum atomic E-state index is 12.2. The lowest BCUT2D eigenvalue weighted by Gasteiger charge is -2.12. The van der Waals surface area contributed by atoms with Crippen LogP contribution in [0.3, 0.4) is 0 Å². The summed E-state index contributed by atoms with van der Waals surface area (Å²) in [6.45, 7) is 2.03. The number of nitrogens with one attached hydrogen (secondary N) is 1. The summed E-state index contributed by atoms with van der Waals surface area (Å²) in [5.41, 5.74) is 1.84. The van der Waals surface area contributed by atoms with E-state index < -0.39 is 0 Å². The molecular formula is C19H21NO2. The van der Waals surface area contributed by atoms with Gasteiger partial charge in [-0.25, -0.2) is 0 Å². The normalized spacial score (nSPS) is 14.8. The third kappa shape index (κ3) is 3.67. The monoisotopic (exact) mass is 295 g/mol. The van der Waals surface area contributed by atoms with Gasteiger partial charge in [0, 0.05) is 11.6 Å². The van der Waals surface area contributed by atoms with Gasteiger partial charge in [-0.2, -0.15) is 0 Å². The Morgan fingerprint density at radius 3 is 2.45 bits per heavy atom. The Balaban J connectivity index is 1.63. The van der Waals surface area contributed by atoms with Crippen LogP contribution in [0.2, 0.25) is 0 Å². The van der Waals surface area contributed by atoms with E-state index in [0.717, 1.165) is 29.9 Å². The Morgan fingerprint density at radius 1 is 1.05 bits per heavy atom. The van der Waals surface area contributed by atoms with Crippen LogP contribution in [0.25, 0.3) is 0 Å². The van der Waals surface area contributed by atoms with Gasteiger partial charge in [0.1, 0.15) is 11.5 Å². The third-order valence-corrected chi connectivity index (χ3v) is 4.03. The van der Waals surface area contributed by atoms with Gasteiger partial charge in [-0.3, -0.25) is 4.79 Å². The van der Waals surface area contributed by atoms with Gasteiger partial charge < -0.3 is 10.1 Å². The fraction of sp³-hybridized carbons (Fsp3) is 0.316. The average molecular weight is 295 g/mol. The quantitative estimate of drug-likeness (QED) is 0.904. The average Bonchev–Trinajstić information content (AvgIpc) is 3.01. The molecular weight excluding hydrogens is 274 g/mol. The summed E-state index contributed by atoms with van der Waals surface area (Å²) in [4.78, 5) is 12.2. The SMILES string of the molecule is Cc1cccc(Oc2ccc(C(=O)NC3CCCC3)cc2)c1. The predicted molar refractivity (Wildman–Crippen MR) is 87.4 cm³/mol. The van der Waals surface area contributed by atoms with Crippen molar-refractivity contribution in [3.8, 4) is 11.5 Å². The van der Waals surface area contributed by atoms with Crippen molar-refractivity contribution in [2.24, 2.45) is 0 Å². The van der Waals surface area contributed by atoms with Crippen LogP contribution in [0.5, 0.6) is 11.5 Å². The number of hydrogen-bond donors (Lipinski definition) is 1. The van der Waals surface area contributed by atoms with Gasteiger partial charge >= 0.3 is 0 Å². The predicted octanol–water partition coefficient (Wildman–Crippen LogP) is 4.46. The molecule has 1 saturated carbocycles. The summed E-state index contributed by atoms with van der Waals surface area (Å²) < 4.78 is 5.80. The van der Waals surface area contributed by atoms with Crippen molar-refractivity contribution in [1.82, 2.24) is 5.32 Å². The molecule has 0 saturated heterocycles. The first kappa shape index (κ1) is 14.6. The topological polar surface area (TPSA) is 38.3 Å². The molecule has 1 aliphatic carbocycles. The van der Waals surface area contributed by atoms with Crippen LogP contribution < -0.4 is 10.1 Å². The Morgan fingerprint density at radius 2 is 1.77 bits per heavy atom. The molecule has 2 aromatic rings. The van der Waals surface area contributed by atoms with Crippen molar-refractivity contribution >= 4 is 5.91 Å². The van der Waals surface area contributed by atoms with E-state index in [1.165, 1.54) is 12.8 Å². The van der Waals surface area contributed by atoms with E-state index in [2.05, 4.69) is 5.32 Å². The lowest BCUT2D eigenvalue weighted by Crippen LogP contribution is -2.32. The van der Waals surface area contributed by atoms with E-state index in [1.807, 2.05) is 55.5 Å². The first-order valence-electron chi connectivity index (χ1n) is 7.86. The lowest BCUT2D eigenvalue weighted by atomic mass is 10.1. The first-order chi connectivity index (χ1) is 10.7. The highest BCUT2D eigenvalue weighted by Crippen LogP contribution is 2.23. The number of aryl methyl sites for hydroxylation is 1. The van der Waals surface area contributed by atoms with E-state index in [9.17, 15) is 4.79 Å². The number of carbonyl (C=O) groups is 1. The second-order valence-corrected chi connectivity index (χ2v) is 5.90. The van der Waals surface area contributed by atoms with Gasteiger partial charge in [0.25, 0.3) is 5.91 Å². The van der Waals surface area contributed by atoms with Crippen LogP contribution in [-0.4, -0.2) is 11.9 Å². The number of carbonyl (C=O) groups excluding carboxylic acids is 1. The van der Waals surface area contributed by atoms with Gasteiger partial charge in [-0.1, -0.05) is 25.0 Å². The van der Waals surface area contributed by atoms with E-state index >= 15 is 0 Å². The molecule has 0 atom stereocenters. The van der Waals surface area contributed by atoms with E-state index in [1.54, 1.807) is 0 Å². The van der Waals surface area contributed by atoms with Crippen LogP contribution in [-0.2, 0) is 0 Å². The molecule has 1 fully saturated rings. The minimum absolute atomic E-state index is 0.00834. The van der Waals surface area contributed by atoms with E-state index in [0.29, 0.717) is 11.6 Å². The fourth-order valence-corrected chi connectivity index (χ4v) is 2.83. The fourth-order valence-electron chi connectivity index (χ4n) is 2.83. The number of benzene rings is 2. The van der Waals surface area contributed by atoms with Gasteiger partial charge in [-0.05, 0) is 61.7 Å². The van der Waals surface area contributed by atoms with Crippen molar-refractivity contribution in [2.45, 2.75) is 38.6 Å². The Bertz CT molecular complexity index is 643. The van der Waals surface area contributed by atoms with Crippen LogP contribution >= 0.6 is 0 Å². The molecule has 3 rings (SSSR count). The number of hydrogen-bond acceptors (Lipinski definition) is 2. The van der Waals surface area contributed by atoms with Crippen LogP contribution in [0.1, 0.15) is 41.6 Å². The van der Waals surface area contributed by atoms with Crippen molar-refractivity contribution < 1.29 is 9.53 Å². The summed E-state index contributed by atoms with van der Waals surface area (Å²) in [7, 11) is 0. The zero-order chi connectivity index (χ0) is 15.4. The minimum Gasteiger partial charge on any atom is -0.457 e. The van der Waals surface area contributed by atoms with Crippen molar-refractivity contribution in [1.29, 1.82) is 0 Å². The second-order valence-electron chi connectivity index (χ2n) is 5.90. The maximum absolute atomic E-state index is 12.2. The molecule has 3 nitrogen and oxygen atoms in total.